The van der Waals surface area contributed by atoms with Crippen molar-refractivity contribution < 1.29 is 0 Å². The topological polar surface area (TPSA) is 12.0 Å². The predicted octanol–water partition coefficient (Wildman–Crippen LogP) is 5.22. The van der Waals surface area contributed by atoms with E-state index in [0.29, 0.717) is 17.1 Å². The molecule has 2 unspecified atom stereocenters. The highest BCUT2D eigenvalue weighted by molar-refractivity contribution is 6.35. The zero-order valence-corrected chi connectivity index (χ0v) is 12.6. The van der Waals surface area contributed by atoms with Gasteiger partial charge >= 0.3 is 0 Å². The average molecular weight is 286 g/mol. The SMILES string of the molecule is CCC(NC(C)CC1CC1)c1ccc(Cl)cc1Cl. The minimum Gasteiger partial charge on any atom is -0.307 e. The van der Waals surface area contributed by atoms with Gasteiger partial charge in [0.25, 0.3) is 0 Å². The number of hydrogen-bond acceptors (Lipinski definition) is 1. The molecule has 0 radical (unpaired) electrons. The third kappa shape index (κ3) is 3.88. The van der Waals surface area contributed by atoms with E-state index in [1.165, 1.54) is 19.3 Å². The first-order chi connectivity index (χ1) is 8.60. The molecular formula is C15H21Cl2N. The van der Waals surface area contributed by atoms with Gasteiger partial charge in [0.1, 0.15) is 0 Å². The number of hydrogen-bond donors (Lipinski definition) is 1. The molecule has 18 heavy (non-hydrogen) atoms. The standard InChI is InChI=1S/C15H21Cl2N/c1-3-15(18-10(2)8-11-4-5-11)13-7-6-12(16)9-14(13)17/h6-7,9-11,15,18H,3-5,8H2,1-2H3. The Bertz CT molecular complexity index is 401. The van der Waals surface area contributed by atoms with Gasteiger partial charge in [-0.05, 0) is 43.4 Å². The van der Waals surface area contributed by atoms with Crippen molar-refractivity contribution in [3.05, 3.63) is 33.8 Å². The van der Waals surface area contributed by atoms with Crippen LogP contribution in [0.3, 0.4) is 0 Å². The Morgan fingerprint density at radius 2 is 2.06 bits per heavy atom. The van der Waals surface area contributed by atoms with Crippen LogP contribution in [-0.4, -0.2) is 6.04 Å². The summed E-state index contributed by atoms with van der Waals surface area (Å²) in [5.74, 6) is 0.950. The van der Waals surface area contributed by atoms with Crippen LogP contribution in [0.1, 0.15) is 51.1 Å². The average Bonchev–Trinajstić information content (AvgIpc) is 3.10. The lowest BCUT2D eigenvalue weighted by Crippen LogP contribution is -2.30. The number of nitrogens with one attached hydrogen (secondary N) is 1. The molecule has 0 aliphatic heterocycles. The Morgan fingerprint density at radius 1 is 1.33 bits per heavy atom. The summed E-state index contributed by atoms with van der Waals surface area (Å²) in [5, 5.41) is 5.15. The predicted molar refractivity (Wildman–Crippen MR) is 79.4 cm³/mol. The van der Waals surface area contributed by atoms with Gasteiger partial charge in [-0.1, -0.05) is 49.0 Å². The maximum absolute atomic E-state index is 6.28. The number of rotatable bonds is 6. The summed E-state index contributed by atoms with van der Waals surface area (Å²) < 4.78 is 0. The van der Waals surface area contributed by atoms with Crippen molar-refractivity contribution in [1.82, 2.24) is 5.32 Å². The molecule has 0 spiro atoms. The molecule has 100 valence electrons. The van der Waals surface area contributed by atoms with Crippen LogP contribution in [0.15, 0.2) is 18.2 Å². The summed E-state index contributed by atoms with van der Waals surface area (Å²) in [4.78, 5) is 0. The molecule has 1 aliphatic carbocycles. The molecule has 0 saturated heterocycles. The van der Waals surface area contributed by atoms with E-state index in [2.05, 4.69) is 19.2 Å². The van der Waals surface area contributed by atoms with Crippen LogP contribution in [0, 0.1) is 5.92 Å². The van der Waals surface area contributed by atoms with Crippen LogP contribution in [0.25, 0.3) is 0 Å². The summed E-state index contributed by atoms with van der Waals surface area (Å²) in [6.45, 7) is 4.46. The van der Waals surface area contributed by atoms with Gasteiger partial charge in [-0.2, -0.15) is 0 Å². The Kier molecular flexibility index (Phi) is 4.94. The molecule has 0 heterocycles. The van der Waals surface area contributed by atoms with Gasteiger partial charge < -0.3 is 5.32 Å². The van der Waals surface area contributed by atoms with Crippen molar-refractivity contribution in [1.29, 1.82) is 0 Å². The first kappa shape index (κ1) is 14.2. The molecule has 0 aromatic heterocycles. The third-order valence-corrected chi connectivity index (χ3v) is 4.18. The summed E-state index contributed by atoms with van der Waals surface area (Å²) in [5.41, 5.74) is 1.16. The molecule has 1 nitrogen and oxygen atoms in total. The maximum atomic E-state index is 6.28. The summed E-state index contributed by atoms with van der Waals surface area (Å²) >= 11 is 12.2. The lowest BCUT2D eigenvalue weighted by molar-refractivity contribution is 0.413. The third-order valence-electron chi connectivity index (χ3n) is 3.62. The van der Waals surface area contributed by atoms with Crippen molar-refractivity contribution in [2.45, 2.75) is 51.6 Å². The van der Waals surface area contributed by atoms with Crippen LogP contribution >= 0.6 is 23.2 Å². The molecular weight excluding hydrogens is 265 g/mol. The van der Waals surface area contributed by atoms with Gasteiger partial charge in [0.2, 0.25) is 0 Å². The van der Waals surface area contributed by atoms with E-state index in [0.717, 1.165) is 22.9 Å². The van der Waals surface area contributed by atoms with Crippen LogP contribution in [0.4, 0.5) is 0 Å². The van der Waals surface area contributed by atoms with E-state index in [1.807, 2.05) is 18.2 Å². The van der Waals surface area contributed by atoms with Crippen LogP contribution in [-0.2, 0) is 0 Å². The molecule has 0 bridgehead atoms. The molecule has 1 saturated carbocycles. The normalized spacial score (nSPS) is 18.7. The van der Waals surface area contributed by atoms with E-state index in [9.17, 15) is 0 Å². The second kappa shape index (κ2) is 6.27. The fraction of sp³-hybridized carbons (Fsp3) is 0.600. The highest BCUT2D eigenvalue weighted by Gasteiger charge is 2.25. The van der Waals surface area contributed by atoms with Crippen LogP contribution in [0.2, 0.25) is 10.0 Å². The maximum Gasteiger partial charge on any atom is 0.0468 e. The van der Waals surface area contributed by atoms with E-state index in [4.69, 9.17) is 23.2 Å². The highest BCUT2D eigenvalue weighted by Crippen LogP contribution is 2.34. The van der Waals surface area contributed by atoms with Crippen molar-refractivity contribution in [2.75, 3.05) is 0 Å². The molecule has 0 amide bonds. The second-order valence-corrected chi connectivity index (χ2v) is 6.22. The zero-order valence-electron chi connectivity index (χ0n) is 11.0. The molecule has 2 rings (SSSR count). The smallest absolute Gasteiger partial charge is 0.0468 e. The molecule has 1 fully saturated rings. The van der Waals surface area contributed by atoms with Crippen molar-refractivity contribution in [3.63, 3.8) is 0 Å². The van der Waals surface area contributed by atoms with Gasteiger partial charge in [-0.3, -0.25) is 0 Å². The van der Waals surface area contributed by atoms with Crippen molar-refractivity contribution >= 4 is 23.2 Å². The van der Waals surface area contributed by atoms with Gasteiger partial charge in [0, 0.05) is 22.1 Å². The zero-order chi connectivity index (χ0) is 13.1. The van der Waals surface area contributed by atoms with Gasteiger partial charge in [0.05, 0.1) is 0 Å². The first-order valence-electron chi connectivity index (χ1n) is 6.81. The van der Waals surface area contributed by atoms with Gasteiger partial charge in [-0.25, -0.2) is 0 Å². The monoisotopic (exact) mass is 285 g/mol. The molecule has 1 aromatic carbocycles. The second-order valence-electron chi connectivity index (χ2n) is 5.37. The molecule has 3 heteroatoms. The summed E-state index contributed by atoms with van der Waals surface area (Å²) in [6, 6.07) is 6.65. The largest absolute Gasteiger partial charge is 0.307 e. The number of halogens is 2. The van der Waals surface area contributed by atoms with E-state index >= 15 is 0 Å². The van der Waals surface area contributed by atoms with Gasteiger partial charge in [0.15, 0.2) is 0 Å². The minimum atomic E-state index is 0.323. The summed E-state index contributed by atoms with van der Waals surface area (Å²) in [6.07, 6.45) is 5.13. The fourth-order valence-corrected chi connectivity index (χ4v) is 3.02. The Balaban J connectivity index is 2.01. The molecule has 1 N–H and O–H groups in total. The lowest BCUT2D eigenvalue weighted by atomic mass is 10.0. The van der Waals surface area contributed by atoms with Crippen molar-refractivity contribution in [3.8, 4) is 0 Å². The van der Waals surface area contributed by atoms with E-state index in [1.54, 1.807) is 0 Å². The van der Waals surface area contributed by atoms with Crippen LogP contribution in [0.5, 0.6) is 0 Å². The Labute approximate surface area is 120 Å². The lowest BCUT2D eigenvalue weighted by Gasteiger charge is -2.23. The molecule has 2 atom stereocenters. The molecule has 1 aromatic rings. The Morgan fingerprint density at radius 3 is 2.61 bits per heavy atom. The van der Waals surface area contributed by atoms with E-state index in [-0.39, 0.29) is 0 Å². The minimum absolute atomic E-state index is 0.323. The van der Waals surface area contributed by atoms with Crippen LogP contribution < -0.4 is 5.32 Å². The molecule has 1 aliphatic rings. The van der Waals surface area contributed by atoms with Gasteiger partial charge in [-0.15, -0.1) is 0 Å². The number of benzene rings is 1. The van der Waals surface area contributed by atoms with E-state index < -0.39 is 0 Å². The summed E-state index contributed by atoms with van der Waals surface area (Å²) in [7, 11) is 0. The Hall–Kier alpha value is -0.240. The quantitative estimate of drug-likeness (QED) is 0.755. The highest BCUT2D eigenvalue weighted by atomic mass is 35.5. The van der Waals surface area contributed by atoms with Crippen molar-refractivity contribution in [2.24, 2.45) is 5.92 Å². The first-order valence-corrected chi connectivity index (χ1v) is 7.56. The fourth-order valence-electron chi connectivity index (χ4n) is 2.48.